The Morgan fingerprint density at radius 1 is 1.25 bits per heavy atom. The number of benzene rings is 2. The van der Waals surface area contributed by atoms with E-state index in [1.807, 2.05) is 31.2 Å². The third kappa shape index (κ3) is 2.99. The molecule has 4 heteroatoms. The van der Waals surface area contributed by atoms with Crippen molar-refractivity contribution in [2.45, 2.75) is 20.4 Å². The van der Waals surface area contributed by atoms with Gasteiger partial charge < -0.3 is 15.7 Å². The molecule has 2 rings (SSSR count). The number of halogens is 1. The summed E-state index contributed by atoms with van der Waals surface area (Å²) in [4.78, 5) is 2.15. The van der Waals surface area contributed by atoms with Gasteiger partial charge in [0, 0.05) is 41.1 Å². The van der Waals surface area contributed by atoms with E-state index in [2.05, 4.69) is 11.8 Å². The molecule has 0 aliphatic carbocycles. The fourth-order valence-corrected chi connectivity index (χ4v) is 2.48. The van der Waals surface area contributed by atoms with E-state index < -0.39 is 0 Å². The molecule has 0 aliphatic heterocycles. The number of rotatable bonds is 4. The number of hydrogen-bond acceptors (Lipinski definition) is 3. The Morgan fingerprint density at radius 2 is 2.00 bits per heavy atom. The molecule has 0 atom stereocenters. The van der Waals surface area contributed by atoms with Crippen LogP contribution in [0.3, 0.4) is 0 Å². The third-order valence-electron chi connectivity index (χ3n) is 3.42. The number of aryl methyl sites for hydroxylation is 1. The lowest BCUT2D eigenvalue weighted by Crippen LogP contribution is -2.23. The van der Waals surface area contributed by atoms with Gasteiger partial charge in [-0.15, -0.1) is 0 Å². The van der Waals surface area contributed by atoms with Gasteiger partial charge in [-0.2, -0.15) is 0 Å². The number of phenolic OH excluding ortho intramolecular Hbond substituents is 1. The van der Waals surface area contributed by atoms with E-state index in [1.165, 1.54) is 0 Å². The van der Waals surface area contributed by atoms with Crippen molar-refractivity contribution in [3.05, 3.63) is 52.5 Å². The van der Waals surface area contributed by atoms with E-state index in [9.17, 15) is 5.11 Å². The minimum atomic E-state index is 0.260. The first-order valence-electron chi connectivity index (χ1n) is 6.60. The molecule has 0 aromatic heterocycles. The van der Waals surface area contributed by atoms with Crippen LogP contribution >= 0.6 is 11.6 Å². The summed E-state index contributed by atoms with van der Waals surface area (Å²) in [5.74, 6) is 0.260. The Morgan fingerprint density at radius 3 is 2.65 bits per heavy atom. The van der Waals surface area contributed by atoms with Gasteiger partial charge >= 0.3 is 0 Å². The van der Waals surface area contributed by atoms with E-state index in [0.29, 0.717) is 17.3 Å². The van der Waals surface area contributed by atoms with Gasteiger partial charge in [-0.3, -0.25) is 0 Å². The Hall–Kier alpha value is -1.87. The summed E-state index contributed by atoms with van der Waals surface area (Å²) < 4.78 is 0. The lowest BCUT2D eigenvalue weighted by molar-refractivity contribution is 0.475. The zero-order valence-corrected chi connectivity index (χ0v) is 12.5. The zero-order chi connectivity index (χ0) is 14.7. The van der Waals surface area contributed by atoms with E-state index in [0.717, 1.165) is 23.4 Å². The summed E-state index contributed by atoms with van der Waals surface area (Å²) in [6.07, 6.45) is 0. The Labute approximate surface area is 124 Å². The van der Waals surface area contributed by atoms with Crippen LogP contribution in [0.25, 0.3) is 0 Å². The summed E-state index contributed by atoms with van der Waals surface area (Å²) in [6.45, 7) is 5.51. The highest BCUT2D eigenvalue weighted by atomic mass is 35.5. The quantitative estimate of drug-likeness (QED) is 0.838. The SMILES string of the molecule is CCN(Cc1c(N)cccc1Cl)c1cc(O)ccc1C. The molecular weight excluding hydrogens is 272 g/mol. The van der Waals surface area contributed by atoms with Crippen LogP contribution in [0, 0.1) is 6.92 Å². The molecule has 0 spiro atoms. The predicted molar refractivity (Wildman–Crippen MR) is 85.4 cm³/mol. The molecule has 0 saturated heterocycles. The van der Waals surface area contributed by atoms with Gasteiger partial charge in [0.1, 0.15) is 5.75 Å². The van der Waals surface area contributed by atoms with Gasteiger partial charge in [-0.25, -0.2) is 0 Å². The van der Waals surface area contributed by atoms with Gasteiger partial charge in [0.05, 0.1) is 0 Å². The molecule has 106 valence electrons. The normalized spacial score (nSPS) is 10.6. The van der Waals surface area contributed by atoms with Crippen molar-refractivity contribution in [2.75, 3.05) is 17.2 Å². The second-order valence-electron chi connectivity index (χ2n) is 4.79. The van der Waals surface area contributed by atoms with Gasteiger partial charge in [0.15, 0.2) is 0 Å². The molecule has 20 heavy (non-hydrogen) atoms. The summed E-state index contributed by atoms with van der Waals surface area (Å²) in [5, 5.41) is 10.3. The number of hydrogen-bond donors (Lipinski definition) is 2. The third-order valence-corrected chi connectivity index (χ3v) is 3.77. The molecule has 0 heterocycles. The number of nitrogen functional groups attached to an aromatic ring is 1. The minimum Gasteiger partial charge on any atom is -0.508 e. The second kappa shape index (κ2) is 6.06. The molecule has 2 aromatic rings. The highest BCUT2D eigenvalue weighted by Gasteiger charge is 2.13. The lowest BCUT2D eigenvalue weighted by Gasteiger charge is -2.26. The summed E-state index contributed by atoms with van der Waals surface area (Å²) in [7, 11) is 0. The first-order chi connectivity index (χ1) is 9.52. The minimum absolute atomic E-state index is 0.260. The van der Waals surface area contributed by atoms with Crippen LogP contribution in [0.4, 0.5) is 11.4 Å². The largest absolute Gasteiger partial charge is 0.508 e. The molecule has 0 saturated carbocycles. The number of nitrogens with two attached hydrogens (primary N) is 1. The first-order valence-corrected chi connectivity index (χ1v) is 6.98. The smallest absolute Gasteiger partial charge is 0.117 e. The van der Waals surface area contributed by atoms with Crippen LogP contribution < -0.4 is 10.6 Å². The highest BCUT2D eigenvalue weighted by molar-refractivity contribution is 6.31. The van der Waals surface area contributed by atoms with Crippen LogP contribution in [0.5, 0.6) is 5.75 Å². The standard InChI is InChI=1S/C16H19ClN2O/c1-3-19(16-9-12(20)8-7-11(16)2)10-13-14(17)5-4-6-15(13)18/h4-9,20H,3,10,18H2,1-2H3. The predicted octanol–water partition coefficient (Wildman–Crippen LogP) is 3.96. The fourth-order valence-electron chi connectivity index (χ4n) is 2.24. The van der Waals surface area contributed by atoms with Gasteiger partial charge in [-0.05, 0) is 37.6 Å². The van der Waals surface area contributed by atoms with Crippen LogP contribution in [-0.2, 0) is 6.54 Å². The van der Waals surface area contributed by atoms with Gasteiger partial charge in [0.2, 0.25) is 0 Å². The van der Waals surface area contributed by atoms with Gasteiger partial charge in [-0.1, -0.05) is 23.7 Å². The van der Waals surface area contributed by atoms with Crippen molar-refractivity contribution >= 4 is 23.0 Å². The number of nitrogens with zero attached hydrogens (tertiary/aromatic N) is 1. The molecule has 0 bridgehead atoms. The van der Waals surface area contributed by atoms with Crippen molar-refractivity contribution in [2.24, 2.45) is 0 Å². The average molecular weight is 291 g/mol. The maximum atomic E-state index is 9.68. The van der Waals surface area contributed by atoms with Crippen molar-refractivity contribution < 1.29 is 5.11 Å². The number of aromatic hydroxyl groups is 1. The lowest BCUT2D eigenvalue weighted by atomic mass is 10.1. The van der Waals surface area contributed by atoms with E-state index in [-0.39, 0.29) is 5.75 Å². The van der Waals surface area contributed by atoms with Crippen LogP contribution in [0.2, 0.25) is 5.02 Å². The van der Waals surface area contributed by atoms with E-state index >= 15 is 0 Å². The molecule has 3 nitrogen and oxygen atoms in total. The molecular formula is C16H19ClN2O. The first kappa shape index (κ1) is 14.5. The second-order valence-corrected chi connectivity index (χ2v) is 5.20. The van der Waals surface area contributed by atoms with Gasteiger partial charge in [0.25, 0.3) is 0 Å². The molecule has 3 N–H and O–H groups in total. The Kier molecular flexibility index (Phi) is 4.40. The molecule has 0 unspecified atom stereocenters. The maximum Gasteiger partial charge on any atom is 0.117 e. The van der Waals surface area contributed by atoms with Crippen molar-refractivity contribution in [1.82, 2.24) is 0 Å². The average Bonchev–Trinajstić information content (AvgIpc) is 2.42. The monoisotopic (exact) mass is 290 g/mol. The van der Waals surface area contributed by atoms with Crippen molar-refractivity contribution in [1.29, 1.82) is 0 Å². The Balaban J connectivity index is 2.36. The number of anilines is 2. The molecule has 0 fully saturated rings. The summed E-state index contributed by atoms with van der Waals surface area (Å²) >= 11 is 6.23. The molecule has 0 aliphatic rings. The van der Waals surface area contributed by atoms with Crippen molar-refractivity contribution in [3.8, 4) is 5.75 Å². The maximum absolute atomic E-state index is 9.68. The van der Waals surface area contributed by atoms with E-state index in [1.54, 1.807) is 12.1 Å². The van der Waals surface area contributed by atoms with E-state index in [4.69, 9.17) is 17.3 Å². The summed E-state index contributed by atoms with van der Waals surface area (Å²) in [6, 6.07) is 10.9. The molecule has 0 radical (unpaired) electrons. The highest BCUT2D eigenvalue weighted by Crippen LogP contribution is 2.29. The van der Waals surface area contributed by atoms with Crippen LogP contribution in [0.1, 0.15) is 18.1 Å². The Bertz CT molecular complexity index is 593. The zero-order valence-electron chi connectivity index (χ0n) is 11.7. The molecule has 0 amide bonds. The van der Waals surface area contributed by atoms with Crippen LogP contribution in [0.15, 0.2) is 36.4 Å². The summed E-state index contributed by atoms with van der Waals surface area (Å²) in [5.41, 5.74) is 9.71. The number of phenols is 1. The topological polar surface area (TPSA) is 49.5 Å². The van der Waals surface area contributed by atoms with Crippen molar-refractivity contribution in [3.63, 3.8) is 0 Å². The van der Waals surface area contributed by atoms with Crippen LogP contribution in [-0.4, -0.2) is 11.7 Å². The fraction of sp³-hybridized carbons (Fsp3) is 0.250. The molecule has 2 aromatic carbocycles.